The van der Waals surface area contributed by atoms with E-state index in [1.807, 2.05) is 0 Å². The Morgan fingerprint density at radius 3 is 2.90 bits per heavy atom. The Bertz CT molecular complexity index is 623. The van der Waals surface area contributed by atoms with Crippen molar-refractivity contribution in [2.75, 3.05) is 6.61 Å². The molecule has 6 heteroatoms. The molecule has 0 aliphatic carbocycles. The molecule has 20 heavy (non-hydrogen) atoms. The number of nitrogens with zero attached hydrogens (tertiary/aromatic N) is 2. The van der Waals surface area contributed by atoms with Gasteiger partial charge in [-0.15, -0.1) is 0 Å². The third-order valence-electron chi connectivity index (χ3n) is 2.84. The monoisotopic (exact) mass is 277 g/mol. The van der Waals surface area contributed by atoms with Gasteiger partial charge in [-0.1, -0.05) is 6.07 Å². The van der Waals surface area contributed by atoms with Crippen LogP contribution in [0.1, 0.15) is 35.8 Å². The molecule has 0 fully saturated rings. The first kappa shape index (κ1) is 14.2. The van der Waals surface area contributed by atoms with Crippen LogP contribution in [0.2, 0.25) is 0 Å². The molecule has 2 rings (SSSR count). The summed E-state index contributed by atoms with van der Waals surface area (Å²) in [6, 6.07) is 4.43. The van der Waals surface area contributed by atoms with Crippen LogP contribution in [0.5, 0.6) is 0 Å². The summed E-state index contributed by atoms with van der Waals surface area (Å²) in [7, 11) is 0. The van der Waals surface area contributed by atoms with Crippen molar-refractivity contribution in [3.05, 3.63) is 47.5 Å². The number of carbonyl (C=O) groups is 1. The minimum atomic E-state index is -0.480. The molecule has 0 saturated carbocycles. The van der Waals surface area contributed by atoms with Gasteiger partial charge in [-0.3, -0.25) is 0 Å². The summed E-state index contributed by atoms with van der Waals surface area (Å²) < 4.78 is 20.2. The van der Waals surface area contributed by atoms with Gasteiger partial charge in [0.2, 0.25) is 0 Å². The average molecular weight is 277 g/mol. The number of halogens is 1. The van der Waals surface area contributed by atoms with Crippen LogP contribution in [0.4, 0.5) is 4.39 Å². The summed E-state index contributed by atoms with van der Waals surface area (Å²) in [4.78, 5) is 11.5. The van der Waals surface area contributed by atoms with Crippen molar-refractivity contribution in [3.63, 3.8) is 0 Å². The maximum Gasteiger partial charge on any atom is 0.341 e. The maximum atomic E-state index is 14.0. The Kier molecular flexibility index (Phi) is 4.14. The highest BCUT2D eigenvalue weighted by atomic mass is 19.1. The lowest BCUT2D eigenvalue weighted by Gasteiger charge is -2.08. The highest BCUT2D eigenvalue weighted by Gasteiger charge is 2.13. The smallest absolute Gasteiger partial charge is 0.341 e. The van der Waals surface area contributed by atoms with Crippen molar-refractivity contribution in [1.29, 1.82) is 0 Å². The molecule has 1 atom stereocenters. The summed E-state index contributed by atoms with van der Waals surface area (Å²) in [5, 5.41) is 3.97. The van der Waals surface area contributed by atoms with Crippen LogP contribution in [-0.2, 0) is 4.74 Å². The zero-order valence-electron chi connectivity index (χ0n) is 11.3. The molecule has 2 aromatic rings. The highest BCUT2D eigenvalue weighted by molar-refractivity contribution is 5.88. The van der Waals surface area contributed by atoms with Gasteiger partial charge >= 0.3 is 5.97 Å². The highest BCUT2D eigenvalue weighted by Crippen LogP contribution is 2.18. The van der Waals surface area contributed by atoms with E-state index < -0.39 is 11.8 Å². The van der Waals surface area contributed by atoms with Crippen LogP contribution in [0.3, 0.4) is 0 Å². The SMILES string of the molecule is CCOC(=O)c1cnn(-c2ccc([C@@H](C)N)cc2F)c1. The molecular weight excluding hydrogens is 261 g/mol. The van der Waals surface area contributed by atoms with Crippen LogP contribution < -0.4 is 5.73 Å². The molecule has 0 unspecified atom stereocenters. The number of carbonyl (C=O) groups excluding carboxylic acids is 1. The van der Waals surface area contributed by atoms with E-state index in [2.05, 4.69) is 5.10 Å². The van der Waals surface area contributed by atoms with E-state index in [0.29, 0.717) is 5.56 Å². The number of nitrogens with two attached hydrogens (primary N) is 1. The largest absolute Gasteiger partial charge is 0.462 e. The molecule has 0 spiro atoms. The second-order valence-electron chi connectivity index (χ2n) is 4.39. The lowest BCUT2D eigenvalue weighted by Crippen LogP contribution is -2.07. The summed E-state index contributed by atoms with van der Waals surface area (Å²) in [5.74, 6) is -0.926. The molecule has 1 heterocycles. The van der Waals surface area contributed by atoms with Gasteiger partial charge in [0.15, 0.2) is 0 Å². The van der Waals surface area contributed by atoms with Crippen LogP contribution in [0.15, 0.2) is 30.6 Å². The number of rotatable bonds is 4. The average Bonchev–Trinajstić information content (AvgIpc) is 2.88. The molecule has 0 aliphatic rings. The van der Waals surface area contributed by atoms with Crippen LogP contribution in [-0.4, -0.2) is 22.4 Å². The molecule has 0 bridgehead atoms. The quantitative estimate of drug-likeness (QED) is 0.870. The standard InChI is InChI=1S/C14H16FN3O2/c1-3-20-14(19)11-7-17-18(8-11)13-5-4-10(9(2)16)6-12(13)15/h4-9H,3,16H2,1-2H3/t9-/m1/s1. The van der Waals surface area contributed by atoms with E-state index in [1.165, 1.54) is 23.1 Å². The van der Waals surface area contributed by atoms with Gasteiger partial charge in [0.25, 0.3) is 0 Å². The molecule has 0 radical (unpaired) electrons. The van der Waals surface area contributed by atoms with Crippen LogP contribution in [0.25, 0.3) is 5.69 Å². The summed E-state index contributed by atoms with van der Waals surface area (Å²) >= 11 is 0. The Morgan fingerprint density at radius 2 is 2.30 bits per heavy atom. The van der Waals surface area contributed by atoms with Crippen molar-refractivity contribution < 1.29 is 13.9 Å². The summed E-state index contributed by atoms with van der Waals surface area (Å²) in [5.41, 5.74) is 6.93. The van der Waals surface area contributed by atoms with E-state index in [1.54, 1.807) is 26.0 Å². The van der Waals surface area contributed by atoms with Gasteiger partial charge < -0.3 is 10.5 Å². The van der Waals surface area contributed by atoms with Gasteiger partial charge in [-0.05, 0) is 31.5 Å². The molecule has 106 valence electrons. The number of aromatic nitrogens is 2. The number of hydrogen-bond acceptors (Lipinski definition) is 4. The maximum absolute atomic E-state index is 14.0. The fraction of sp³-hybridized carbons (Fsp3) is 0.286. The third kappa shape index (κ3) is 2.85. The van der Waals surface area contributed by atoms with Gasteiger partial charge in [-0.25, -0.2) is 13.9 Å². The first-order valence-electron chi connectivity index (χ1n) is 6.30. The zero-order chi connectivity index (χ0) is 14.7. The second-order valence-corrected chi connectivity index (χ2v) is 4.39. The second kappa shape index (κ2) is 5.83. The Balaban J connectivity index is 2.30. The Morgan fingerprint density at radius 1 is 1.55 bits per heavy atom. The molecule has 0 saturated heterocycles. The molecule has 1 aromatic heterocycles. The number of benzene rings is 1. The van der Waals surface area contributed by atoms with Crippen molar-refractivity contribution in [1.82, 2.24) is 9.78 Å². The Hall–Kier alpha value is -2.21. The van der Waals surface area contributed by atoms with Gasteiger partial charge in [-0.2, -0.15) is 5.10 Å². The molecule has 5 nitrogen and oxygen atoms in total. The van der Waals surface area contributed by atoms with Crippen molar-refractivity contribution >= 4 is 5.97 Å². The predicted molar refractivity (Wildman–Crippen MR) is 72.1 cm³/mol. The van der Waals surface area contributed by atoms with E-state index in [9.17, 15) is 9.18 Å². The van der Waals surface area contributed by atoms with Crippen molar-refractivity contribution in [2.45, 2.75) is 19.9 Å². The van der Waals surface area contributed by atoms with E-state index >= 15 is 0 Å². The topological polar surface area (TPSA) is 70.1 Å². The van der Waals surface area contributed by atoms with Crippen molar-refractivity contribution in [3.8, 4) is 5.69 Å². The number of ether oxygens (including phenoxy) is 1. The number of hydrogen-bond donors (Lipinski definition) is 1. The zero-order valence-corrected chi connectivity index (χ0v) is 11.3. The van der Waals surface area contributed by atoms with E-state index in [-0.39, 0.29) is 23.9 Å². The summed E-state index contributed by atoms with van der Waals surface area (Å²) in [6.45, 7) is 3.78. The van der Waals surface area contributed by atoms with Gasteiger partial charge in [0, 0.05) is 12.2 Å². The first-order valence-corrected chi connectivity index (χ1v) is 6.30. The minimum absolute atomic E-state index is 0.244. The predicted octanol–water partition coefficient (Wildman–Crippen LogP) is 2.21. The fourth-order valence-corrected chi connectivity index (χ4v) is 1.77. The Labute approximate surface area is 116 Å². The molecule has 0 amide bonds. The molecule has 0 aliphatic heterocycles. The lowest BCUT2D eigenvalue weighted by atomic mass is 10.1. The van der Waals surface area contributed by atoms with Crippen LogP contribution >= 0.6 is 0 Å². The van der Waals surface area contributed by atoms with Gasteiger partial charge in [0.05, 0.1) is 18.4 Å². The van der Waals surface area contributed by atoms with E-state index in [0.717, 1.165) is 0 Å². The van der Waals surface area contributed by atoms with Crippen LogP contribution in [0, 0.1) is 5.82 Å². The summed E-state index contributed by atoms with van der Waals surface area (Å²) in [6.07, 6.45) is 2.78. The normalized spacial score (nSPS) is 12.2. The molecule has 1 aromatic carbocycles. The molecule has 2 N–H and O–H groups in total. The number of esters is 1. The first-order chi connectivity index (χ1) is 9.52. The fourth-order valence-electron chi connectivity index (χ4n) is 1.77. The molecular formula is C14H16FN3O2. The van der Waals surface area contributed by atoms with E-state index in [4.69, 9.17) is 10.5 Å². The van der Waals surface area contributed by atoms with Gasteiger partial charge in [0.1, 0.15) is 11.5 Å². The minimum Gasteiger partial charge on any atom is -0.462 e. The lowest BCUT2D eigenvalue weighted by molar-refractivity contribution is 0.0526. The third-order valence-corrected chi connectivity index (χ3v) is 2.84. The van der Waals surface area contributed by atoms with Crippen molar-refractivity contribution in [2.24, 2.45) is 5.73 Å².